The molecule has 0 saturated carbocycles. The van der Waals surface area contributed by atoms with Gasteiger partial charge in [0.2, 0.25) is 17.7 Å². The minimum atomic E-state index is 0.0481. The molecule has 2 heterocycles. The maximum atomic E-state index is 11.5. The van der Waals surface area contributed by atoms with Gasteiger partial charge in [0.25, 0.3) is 0 Å². The van der Waals surface area contributed by atoms with E-state index < -0.39 is 0 Å². The standard InChI is InChI=1S/C14H18N4O2/c1-10(2)8-12(19)16-7-5-13-17-18-14(20-13)11-4-3-6-15-9-11/h3-4,6,9-10H,5,7-8H2,1-2H3,(H,16,19). The summed E-state index contributed by atoms with van der Waals surface area (Å²) in [6.07, 6.45) is 4.41. The average molecular weight is 274 g/mol. The predicted octanol–water partition coefficient (Wildman–Crippen LogP) is 1.84. The van der Waals surface area contributed by atoms with Gasteiger partial charge in [-0.2, -0.15) is 0 Å². The summed E-state index contributed by atoms with van der Waals surface area (Å²) in [5.74, 6) is 1.36. The third-order valence-electron chi connectivity index (χ3n) is 2.63. The molecule has 106 valence electrons. The fourth-order valence-corrected chi connectivity index (χ4v) is 1.71. The third-order valence-corrected chi connectivity index (χ3v) is 2.63. The molecule has 0 unspecified atom stereocenters. The van der Waals surface area contributed by atoms with Gasteiger partial charge in [-0.3, -0.25) is 9.78 Å². The Morgan fingerprint density at radius 3 is 2.95 bits per heavy atom. The van der Waals surface area contributed by atoms with Crippen molar-refractivity contribution in [3.63, 3.8) is 0 Å². The summed E-state index contributed by atoms with van der Waals surface area (Å²) in [4.78, 5) is 15.5. The van der Waals surface area contributed by atoms with Crippen LogP contribution in [-0.2, 0) is 11.2 Å². The summed E-state index contributed by atoms with van der Waals surface area (Å²) >= 11 is 0. The van der Waals surface area contributed by atoms with E-state index in [2.05, 4.69) is 20.5 Å². The van der Waals surface area contributed by atoms with E-state index in [1.54, 1.807) is 12.4 Å². The Morgan fingerprint density at radius 2 is 2.25 bits per heavy atom. The minimum absolute atomic E-state index is 0.0481. The molecule has 0 radical (unpaired) electrons. The van der Waals surface area contributed by atoms with Crippen molar-refractivity contribution in [2.45, 2.75) is 26.7 Å². The molecule has 0 bridgehead atoms. The Hall–Kier alpha value is -2.24. The van der Waals surface area contributed by atoms with E-state index in [0.29, 0.717) is 37.1 Å². The maximum Gasteiger partial charge on any atom is 0.249 e. The van der Waals surface area contributed by atoms with E-state index in [-0.39, 0.29) is 5.91 Å². The highest BCUT2D eigenvalue weighted by Crippen LogP contribution is 2.15. The smallest absolute Gasteiger partial charge is 0.249 e. The van der Waals surface area contributed by atoms with Gasteiger partial charge in [0.15, 0.2) is 0 Å². The van der Waals surface area contributed by atoms with Crippen LogP contribution < -0.4 is 5.32 Å². The lowest BCUT2D eigenvalue weighted by Crippen LogP contribution is -2.26. The van der Waals surface area contributed by atoms with Crippen LogP contribution in [0.25, 0.3) is 11.5 Å². The maximum absolute atomic E-state index is 11.5. The Morgan fingerprint density at radius 1 is 1.40 bits per heavy atom. The lowest BCUT2D eigenvalue weighted by Gasteiger charge is -2.05. The van der Waals surface area contributed by atoms with Crippen molar-refractivity contribution >= 4 is 5.91 Å². The quantitative estimate of drug-likeness (QED) is 0.869. The summed E-state index contributed by atoms with van der Waals surface area (Å²) in [5.41, 5.74) is 0.787. The van der Waals surface area contributed by atoms with E-state index in [4.69, 9.17) is 4.42 Å². The number of aromatic nitrogens is 3. The molecule has 0 aliphatic rings. The van der Waals surface area contributed by atoms with Crippen LogP contribution in [0.2, 0.25) is 0 Å². The summed E-state index contributed by atoms with van der Waals surface area (Å²) in [6, 6.07) is 3.67. The minimum Gasteiger partial charge on any atom is -0.421 e. The van der Waals surface area contributed by atoms with Crippen molar-refractivity contribution in [3.8, 4) is 11.5 Å². The Bertz CT molecular complexity index is 551. The van der Waals surface area contributed by atoms with Crippen LogP contribution in [0.15, 0.2) is 28.9 Å². The van der Waals surface area contributed by atoms with Gasteiger partial charge in [-0.05, 0) is 18.1 Å². The molecule has 0 aliphatic heterocycles. The summed E-state index contributed by atoms with van der Waals surface area (Å²) in [6.45, 7) is 4.52. The molecule has 0 aromatic carbocycles. The normalized spacial score (nSPS) is 10.8. The molecule has 0 spiro atoms. The molecule has 2 rings (SSSR count). The topological polar surface area (TPSA) is 80.9 Å². The number of rotatable bonds is 6. The predicted molar refractivity (Wildman–Crippen MR) is 73.7 cm³/mol. The molecule has 6 heteroatoms. The first-order valence-corrected chi connectivity index (χ1v) is 6.64. The zero-order valence-electron chi connectivity index (χ0n) is 11.7. The van der Waals surface area contributed by atoms with Crippen molar-refractivity contribution in [2.75, 3.05) is 6.54 Å². The number of carbonyl (C=O) groups excluding carboxylic acids is 1. The van der Waals surface area contributed by atoms with Gasteiger partial charge in [-0.15, -0.1) is 10.2 Å². The molecule has 1 amide bonds. The summed E-state index contributed by atoms with van der Waals surface area (Å²) in [7, 11) is 0. The molecule has 6 nitrogen and oxygen atoms in total. The lowest BCUT2D eigenvalue weighted by atomic mass is 10.1. The third kappa shape index (κ3) is 4.15. The Labute approximate surface area is 117 Å². The highest BCUT2D eigenvalue weighted by molar-refractivity contribution is 5.76. The van der Waals surface area contributed by atoms with Gasteiger partial charge in [0.05, 0.1) is 5.56 Å². The van der Waals surface area contributed by atoms with Gasteiger partial charge in [0.1, 0.15) is 0 Å². The molecule has 20 heavy (non-hydrogen) atoms. The van der Waals surface area contributed by atoms with Crippen LogP contribution in [0.4, 0.5) is 0 Å². The zero-order valence-corrected chi connectivity index (χ0v) is 11.7. The second-order valence-corrected chi connectivity index (χ2v) is 4.94. The second kappa shape index (κ2) is 6.79. The number of nitrogens with zero attached hydrogens (tertiary/aromatic N) is 3. The first-order valence-electron chi connectivity index (χ1n) is 6.64. The largest absolute Gasteiger partial charge is 0.421 e. The molecule has 2 aromatic heterocycles. The lowest BCUT2D eigenvalue weighted by molar-refractivity contribution is -0.121. The molecule has 1 N–H and O–H groups in total. The van der Waals surface area contributed by atoms with Crippen LogP contribution in [0.3, 0.4) is 0 Å². The number of carbonyl (C=O) groups is 1. The van der Waals surface area contributed by atoms with Crippen molar-refractivity contribution in [1.82, 2.24) is 20.5 Å². The van der Waals surface area contributed by atoms with E-state index in [1.807, 2.05) is 26.0 Å². The molecular formula is C14H18N4O2. The van der Waals surface area contributed by atoms with E-state index >= 15 is 0 Å². The summed E-state index contributed by atoms with van der Waals surface area (Å²) in [5, 5.41) is 10.8. The van der Waals surface area contributed by atoms with Crippen molar-refractivity contribution in [1.29, 1.82) is 0 Å². The van der Waals surface area contributed by atoms with Crippen LogP contribution in [0, 0.1) is 5.92 Å². The Balaban J connectivity index is 1.83. The molecule has 0 atom stereocenters. The second-order valence-electron chi connectivity index (χ2n) is 4.94. The molecule has 0 aliphatic carbocycles. The van der Waals surface area contributed by atoms with E-state index in [0.717, 1.165) is 5.56 Å². The number of nitrogens with one attached hydrogen (secondary N) is 1. The monoisotopic (exact) mass is 274 g/mol. The first kappa shape index (κ1) is 14.2. The van der Waals surface area contributed by atoms with Crippen LogP contribution >= 0.6 is 0 Å². The van der Waals surface area contributed by atoms with Crippen molar-refractivity contribution in [3.05, 3.63) is 30.4 Å². The molecule has 2 aromatic rings. The fourth-order valence-electron chi connectivity index (χ4n) is 1.71. The van der Waals surface area contributed by atoms with E-state index in [9.17, 15) is 4.79 Å². The van der Waals surface area contributed by atoms with Crippen LogP contribution in [-0.4, -0.2) is 27.6 Å². The van der Waals surface area contributed by atoms with Gasteiger partial charge in [-0.1, -0.05) is 13.8 Å². The SMILES string of the molecule is CC(C)CC(=O)NCCc1nnc(-c2cccnc2)o1. The highest BCUT2D eigenvalue weighted by Gasteiger charge is 2.09. The van der Waals surface area contributed by atoms with Gasteiger partial charge in [-0.25, -0.2) is 0 Å². The molecule has 0 fully saturated rings. The summed E-state index contributed by atoms with van der Waals surface area (Å²) < 4.78 is 5.52. The molecular weight excluding hydrogens is 256 g/mol. The number of hydrogen-bond donors (Lipinski definition) is 1. The fraction of sp³-hybridized carbons (Fsp3) is 0.429. The van der Waals surface area contributed by atoms with Crippen LogP contribution in [0.5, 0.6) is 0 Å². The highest BCUT2D eigenvalue weighted by atomic mass is 16.4. The number of amides is 1. The zero-order chi connectivity index (χ0) is 14.4. The average Bonchev–Trinajstić information content (AvgIpc) is 2.88. The van der Waals surface area contributed by atoms with Gasteiger partial charge < -0.3 is 9.73 Å². The van der Waals surface area contributed by atoms with Gasteiger partial charge >= 0.3 is 0 Å². The molecule has 0 saturated heterocycles. The van der Waals surface area contributed by atoms with E-state index in [1.165, 1.54) is 0 Å². The number of hydrogen-bond acceptors (Lipinski definition) is 5. The Kier molecular flexibility index (Phi) is 4.81. The first-order chi connectivity index (χ1) is 9.65. The van der Waals surface area contributed by atoms with Crippen LogP contribution in [0.1, 0.15) is 26.2 Å². The van der Waals surface area contributed by atoms with Gasteiger partial charge in [0, 0.05) is 31.8 Å². The number of pyridine rings is 1. The van der Waals surface area contributed by atoms with Crippen molar-refractivity contribution in [2.24, 2.45) is 5.92 Å². The van der Waals surface area contributed by atoms with Crippen molar-refractivity contribution < 1.29 is 9.21 Å².